The number of hydrogen-bond acceptors (Lipinski definition) is 3. The van der Waals surface area contributed by atoms with Crippen LogP contribution in [-0.4, -0.2) is 24.6 Å². The molecule has 0 amide bonds. The number of nitrogens with zero attached hydrogens (tertiary/aromatic N) is 1. The van der Waals surface area contributed by atoms with Gasteiger partial charge in [-0.3, -0.25) is 4.98 Å². The van der Waals surface area contributed by atoms with Gasteiger partial charge in [0.15, 0.2) is 0 Å². The van der Waals surface area contributed by atoms with Crippen molar-refractivity contribution in [3.8, 4) is 0 Å². The molecule has 0 saturated heterocycles. The Morgan fingerprint density at radius 1 is 1.19 bits per heavy atom. The van der Waals surface area contributed by atoms with Crippen LogP contribution in [0.2, 0.25) is 0 Å². The van der Waals surface area contributed by atoms with Crippen molar-refractivity contribution >= 4 is 0 Å². The highest BCUT2D eigenvalue weighted by atomic mass is 19.1. The van der Waals surface area contributed by atoms with Gasteiger partial charge in [-0.2, -0.15) is 0 Å². The van der Waals surface area contributed by atoms with E-state index in [1.54, 1.807) is 6.20 Å². The number of nitrogens with one attached hydrogen (secondary N) is 2. The van der Waals surface area contributed by atoms with Crippen LogP contribution in [0.4, 0.5) is 4.39 Å². The lowest BCUT2D eigenvalue weighted by Gasteiger charge is -2.05. The van der Waals surface area contributed by atoms with Crippen LogP contribution in [0, 0.1) is 5.82 Å². The van der Waals surface area contributed by atoms with Crippen LogP contribution in [0.25, 0.3) is 0 Å². The number of aromatic nitrogens is 1. The SMILES string of the molecule is CCCNCCCNCc1cncc(F)c1. The monoisotopic (exact) mass is 225 g/mol. The molecule has 0 atom stereocenters. The minimum Gasteiger partial charge on any atom is -0.317 e. The highest BCUT2D eigenvalue weighted by molar-refractivity contribution is 5.09. The smallest absolute Gasteiger partial charge is 0.141 e. The van der Waals surface area contributed by atoms with Crippen molar-refractivity contribution in [2.24, 2.45) is 0 Å². The molecule has 0 aromatic carbocycles. The maximum atomic E-state index is 12.8. The molecular formula is C12H20FN3. The Balaban J connectivity index is 2.03. The molecule has 0 spiro atoms. The molecular weight excluding hydrogens is 205 g/mol. The van der Waals surface area contributed by atoms with Crippen LogP contribution >= 0.6 is 0 Å². The fourth-order valence-electron chi connectivity index (χ4n) is 1.43. The number of rotatable bonds is 8. The van der Waals surface area contributed by atoms with E-state index in [1.807, 2.05) is 0 Å². The lowest BCUT2D eigenvalue weighted by atomic mass is 10.3. The van der Waals surface area contributed by atoms with Gasteiger partial charge in [-0.25, -0.2) is 4.39 Å². The van der Waals surface area contributed by atoms with Crippen molar-refractivity contribution in [1.82, 2.24) is 15.6 Å². The van der Waals surface area contributed by atoms with E-state index < -0.39 is 0 Å². The fraction of sp³-hybridized carbons (Fsp3) is 0.583. The van der Waals surface area contributed by atoms with Crippen molar-refractivity contribution < 1.29 is 4.39 Å². The summed E-state index contributed by atoms with van der Waals surface area (Å²) in [5.41, 5.74) is 0.890. The number of hydrogen-bond donors (Lipinski definition) is 2. The Labute approximate surface area is 96.5 Å². The van der Waals surface area contributed by atoms with Crippen molar-refractivity contribution in [2.75, 3.05) is 19.6 Å². The molecule has 0 radical (unpaired) electrons. The predicted molar refractivity (Wildman–Crippen MR) is 63.7 cm³/mol. The summed E-state index contributed by atoms with van der Waals surface area (Å²) in [5.74, 6) is -0.274. The molecule has 1 aromatic rings. The molecule has 1 aromatic heterocycles. The van der Waals surface area contributed by atoms with Crippen LogP contribution in [0.1, 0.15) is 25.3 Å². The number of halogens is 1. The van der Waals surface area contributed by atoms with E-state index in [2.05, 4.69) is 22.5 Å². The highest BCUT2D eigenvalue weighted by Gasteiger charge is 1.95. The summed E-state index contributed by atoms with van der Waals surface area (Å²) >= 11 is 0. The highest BCUT2D eigenvalue weighted by Crippen LogP contribution is 1.99. The first-order chi connectivity index (χ1) is 7.83. The largest absolute Gasteiger partial charge is 0.317 e. The van der Waals surface area contributed by atoms with Crippen molar-refractivity contribution in [3.63, 3.8) is 0 Å². The second-order valence-electron chi connectivity index (χ2n) is 3.79. The van der Waals surface area contributed by atoms with Gasteiger partial charge >= 0.3 is 0 Å². The zero-order valence-corrected chi connectivity index (χ0v) is 9.80. The quantitative estimate of drug-likeness (QED) is 0.661. The van der Waals surface area contributed by atoms with Crippen LogP contribution < -0.4 is 10.6 Å². The summed E-state index contributed by atoms with van der Waals surface area (Å²) in [4.78, 5) is 3.80. The van der Waals surface area contributed by atoms with Crippen LogP contribution in [0.15, 0.2) is 18.5 Å². The lowest BCUT2D eigenvalue weighted by Crippen LogP contribution is -2.22. The van der Waals surface area contributed by atoms with E-state index in [0.29, 0.717) is 6.54 Å². The Hall–Kier alpha value is -1.00. The van der Waals surface area contributed by atoms with Crippen molar-refractivity contribution in [1.29, 1.82) is 0 Å². The van der Waals surface area contributed by atoms with Crippen LogP contribution in [-0.2, 0) is 6.54 Å². The molecule has 0 unspecified atom stereocenters. The predicted octanol–water partition coefficient (Wildman–Crippen LogP) is 1.70. The summed E-state index contributed by atoms with van der Waals surface area (Å²) in [6.07, 6.45) is 5.16. The molecule has 1 heterocycles. The first kappa shape index (κ1) is 13.1. The molecule has 4 heteroatoms. The van der Waals surface area contributed by atoms with Gasteiger partial charge in [0.25, 0.3) is 0 Å². The summed E-state index contributed by atoms with van der Waals surface area (Å²) in [6, 6.07) is 1.51. The second kappa shape index (κ2) is 8.19. The molecule has 0 bridgehead atoms. The summed E-state index contributed by atoms with van der Waals surface area (Å²) in [6.45, 7) is 5.88. The van der Waals surface area contributed by atoms with E-state index in [9.17, 15) is 4.39 Å². The average molecular weight is 225 g/mol. The zero-order valence-electron chi connectivity index (χ0n) is 9.80. The maximum absolute atomic E-state index is 12.8. The third kappa shape index (κ3) is 5.78. The fourth-order valence-corrected chi connectivity index (χ4v) is 1.43. The Kier molecular flexibility index (Phi) is 6.69. The number of pyridine rings is 1. The zero-order chi connectivity index (χ0) is 11.6. The summed E-state index contributed by atoms with van der Waals surface area (Å²) in [7, 11) is 0. The standard InChI is InChI=1S/C12H20FN3/c1-2-4-14-5-3-6-15-8-11-7-12(13)10-16-9-11/h7,9-10,14-15H,2-6,8H2,1H3. The van der Waals surface area contributed by atoms with E-state index in [0.717, 1.165) is 31.6 Å². The minimum atomic E-state index is -0.274. The second-order valence-corrected chi connectivity index (χ2v) is 3.79. The van der Waals surface area contributed by atoms with Gasteiger partial charge < -0.3 is 10.6 Å². The molecule has 0 aliphatic carbocycles. The van der Waals surface area contributed by atoms with Gasteiger partial charge in [-0.15, -0.1) is 0 Å². The normalized spacial score (nSPS) is 10.6. The molecule has 16 heavy (non-hydrogen) atoms. The summed E-state index contributed by atoms with van der Waals surface area (Å²) in [5, 5.41) is 6.59. The van der Waals surface area contributed by atoms with E-state index in [4.69, 9.17) is 0 Å². The first-order valence-electron chi connectivity index (χ1n) is 5.83. The Bertz CT molecular complexity index is 291. The molecule has 1 rings (SSSR count). The topological polar surface area (TPSA) is 37.0 Å². The van der Waals surface area contributed by atoms with Crippen LogP contribution in [0.5, 0.6) is 0 Å². The molecule has 90 valence electrons. The first-order valence-corrected chi connectivity index (χ1v) is 5.83. The van der Waals surface area contributed by atoms with Crippen molar-refractivity contribution in [3.05, 3.63) is 29.8 Å². The van der Waals surface area contributed by atoms with E-state index in [1.165, 1.54) is 18.7 Å². The van der Waals surface area contributed by atoms with E-state index >= 15 is 0 Å². The van der Waals surface area contributed by atoms with Crippen molar-refractivity contribution in [2.45, 2.75) is 26.3 Å². The maximum Gasteiger partial charge on any atom is 0.141 e. The molecule has 0 saturated carbocycles. The van der Waals surface area contributed by atoms with Gasteiger partial charge in [0.2, 0.25) is 0 Å². The van der Waals surface area contributed by atoms with E-state index in [-0.39, 0.29) is 5.82 Å². The van der Waals surface area contributed by atoms with Gasteiger partial charge in [0.1, 0.15) is 5.82 Å². The molecule has 2 N–H and O–H groups in total. The summed E-state index contributed by atoms with van der Waals surface area (Å²) < 4.78 is 12.8. The van der Waals surface area contributed by atoms with Gasteiger partial charge in [-0.05, 0) is 44.1 Å². The molecule has 3 nitrogen and oxygen atoms in total. The molecule has 0 aliphatic rings. The third-order valence-electron chi connectivity index (χ3n) is 2.22. The van der Waals surface area contributed by atoms with Crippen LogP contribution in [0.3, 0.4) is 0 Å². The van der Waals surface area contributed by atoms with Gasteiger partial charge in [-0.1, -0.05) is 6.92 Å². The lowest BCUT2D eigenvalue weighted by molar-refractivity contribution is 0.586. The average Bonchev–Trinajstić information content (AvgIpc) is 2.28. The Morgan fingerprint density at radius 3 is 2.75 bits per heavy atom. The molecule has 0 aliphatic heterocycles. The Morgan fingerprint density at radius 2 is 2.00 bits per heavy atom. The molecule has 0 fully saturated rings. The third-order valence-corrected chi connectivity index (χ3v) is 2.22. The van der Waals surface area contributed by atoms with Gasteiger partial charge in [0, 0.05) is 12.7 Å². The minimum absolute atomic E-state index is 0.274. The van der Waals surface area contributed by atoms with Gasteiger partial charge in [0.05, 0.1) is 6.20 Å².